The molecule has 3 nitrogen and oxygen atoms in total. The summed E-state index contributed by atoms with van der Waals surface area (Å²) in [6.45, 7) is 3.93. The summed E-state index contributed by atoms with van der Waals surface area (Å²) in [7, 11) is 0. The maximum absolute atomic E-state index is 11.7. The second kappa shape index (κ2) is 7.54. The molecule has 1 amide bonds. The Labute approximate surface area is 117 Å². The van der Waals surface area contributed by atoms with Crippen LogP contribution in [0.4, 0.5) is 0 Å². The molecule has 0 spiro atoms. The van der Waals surface area contributed by atoms with Gasteiger partial charge in [-0.2, -0.15) is 0 Å². The van der Waals surface area contributed by atoms with Crippen molar-refractivity contribution in [3.63, 3.8) is 0 Å². The van der Waals surface area contributed by atoms with Gasteiger partial charge >= 0.3 is 0 Å². The maximum atomic E-state index is 11.7. The van der Waals surface area contributed by atoms with Gasteiger partial charge in [0.25, 0.3) is 0 Å². The molecule has 1 aromatic rings. The van der Waals surface area contributed by atoms with Gasteiger partial charge in [0, 0.05) is 23.0 Å². The summed E-state index contributed by atoms with van der Waals surface area (Å²) in [4.78, 5) is 11.7. The van der Waals surface area contributed by atoms with Gasteiger partial charge in [0.2, 0.25) is 5.91 Å². The monoisotopic (exact) mass is 312 g/mol. The minimum absolute atomic E-state index is 0.0758. The van der Waals surface area contributed by atoms with Crippen LogP contribution in [0.2, 0.25) is 0 Å². The van der Waals surface area contributed by atoms with Crippen LogP contribution in [-0.4, -0.2) is 18.0 Å². The van der Waals surface area contributed by atoms with E-state index in [0.29, 0.717) is 6.42 Å². The zero-order valence-electron chi connectivity index (χ0n) is 10.9. The molecule has 0 saturated carbocycles. The molecule has 0 aliphatic rings. The molecular formula is C14H21BrN2O. The van der Waals surface area contributed by atoms with Gasteiger partial charge in [-0.05, 0) is 38.3 Å². The second-order valence-electron chi connectivity index (χ2n) is 4.78. The van der Waals surface area contributed by atoms with Crippen LogP contribution in [0.1, 0.15) is 32.3 Å². The van der Waals surface area contributed by atoms with Crippen molar-refractivity contribution in [3.8, 4) is 0 Å². The summed E-state index contributed by atoms with van der Waals surface area (Å²) in [5, 5.41) is 3.00. The Morgan fingerprint density at radius 2 is 2.06 bits per heavy atom. The van der Waals surface area contributed by atoms with Gasteiger partial charge in [-0.3, -0.25) is 4.79 Å². The van der Waals surface area contributed by atoms with Crippen molar-refractivity contribution in [1.29, 1.82) is 0 Å². The first-order valence-corrected chi connectivity index (χ1v) is 7.06. The van der Waals surface area contributed by atoms with Crippen molar-refractivity contribution in [2.75, 3.05) is 0 Å². The van der Waals surface area contributed by atoms with Crippen molar-refractivity contribution in [2.24, 2.45) is 5.73 Å². The predicted molar refractivity (Wildman–Crippen MR) is 78.3 cm³/mol. The van der Waals surface area contributed by atoms with E-state index in [-0.39, 0.29) is 18.0 Å². The van der Waals surface area contributed by atoms with Crippen LogP contribution in [0.25, 0.3) is 0 Å². The first kappa shape index (κ1) is 15.2. The highest BCUT2D eigenvalue weighted by Gasteiger charge is 2.10. The SMILES string of the molecule is CC(N)CCC(=O)NC(C)Cc1ccccc1Br. The molecule has 0 aliphatic heterocycles. The molecule has 1 rings (SSSR count). The Morgan fingerprint density at radius 3 is 2.67 bits per heavy atom. The number of nitrogens with two attached hydrogens (primary N) is 1. The lowest BCUT2D eigenvalue weighted by Crippen LogP contribution is -2.34. The quantitative estimate of drug-likeness (QED) is 0.848. The van der Waals surface area contributed by atoms with Crippen LogP contribution in [0, 0.1) is 0 Å². The Bertz CT molecular complexity index is 393. The third-order valence-corrected chi connectivity index (χ3v) is 3.49. The van der Waals surface area contributed by atoms with Gasteiger partial charge in [-0.1, -0.05) is 34.1 Å². The van der Waals surface area contributed by atoms with E-state index >= 15 is 0 Å². The van der Waals surface area contributed by atoms with Crippen molar-refractivity contribution in [2.45, 2.75) is 45.2 Å². The molecule has 0 aliphatic carbocycles. The molecule has 2 unspecified atom stereocenters. The van der Waals surface area contributed by atoms with Gasteiger partial charge in [0.15, 0.2) is 0 Å². The van der Waals surface area contributed by atoms with Gasteiger partial charge in [0.05, 0.1) is 0 Å². The average molecular weight is 313 g/mol. The first-order chi connectivity index (χ1) is 8.49. The van der Waals surface area contributed by atoms with E-state index in [1.165, 1.54) is 5.56 Å². The lowest BCUT2D eigenvalue weighted by molar-refractivity contribution is -0.121. The van der Waals surface area contributed by atoms with E-state index < -0.39 is 0 Å². The van der Waals surface area contributed by atoms with Crippen molar-refractivity contribution < 1.29 is 4.79 Å². The number of amides is 1. The summed E-state index contributed by atoms with van der Waals surface area (Å²) in [6.07, 6.45) is 2.05. The molecule has 0 fully saturated rings. The highest BCUT2D eigenvalue weighted by atomic mass is 79.9. The molecule has 18 heavy (non-hydrogen) atoms. The van der Waals surface area contributed by atoms with Crippen LogP contribution in [0.15, 0.2) is 28.7 Å². The van der Waals surface area contributed by atoms with E-state index in [4.69, 9.17) is 5.73 Å². The topological polar surface area (TPSA) is 55.1 Å². The highest BCUT2D eigenvalue weighted by Crippen LogP contribution is 2.17. The predicted octanol–water partition coefficient (Wildman–Crippen LogP) is 2.62. The van der Waals surface area contributed by atoms with Crippen molar-refractivity contribution in [3.05, 3.63) is 34.3 Å². The third kappa shape index (κ3) is 5.65. The summed E-state index contributed by atoms with van der Waals surface area (Å²) < 4.78 is 1.08. The molecule has 0 saturated heterocycles. The number of halogens is 1. The number of rotatable bonds is 6. The van der Waals surface area contributed by atoms with Crippen LogP contribution in [0.3, 0.4) is 0 Å². The van der Waals surface area contributed by atoms with Gasteiger partial charge in [-0.25, -0.2) is 0 Å². The zero-order chi connectivity index (χ0) is 13.5. The lowest BCUT2D eigenvalue weighted by atomic mass is 10.1. The molecule has 2 atom stereocenters. The van der Waals surface area contributed by atoms with E-state index in [1.54, 1.807) is 0 Å². The highest BCUT2D eigenvalue weighted by molar-refractivity contribution is 9.10. The standard InChI is InChI=1S/C14H21BrN2O/c1-10(16)7-8-14(18)17-11(2)9-12-5-3-4-6-13(12)15/h3-6,10-11H,7-9,16H2,1-2H3,(H,17,18). The van der Waals surface area contributed by atoms with Gasteiger partial charge < -0.3 is 11.1 Å². The van der Waals surface area contributed by atoms with E-state index in [9.17, 15) is 4.79 Å². The van der Waals surface area contributed by atoms with E-state index in [1.807, 2.05) is 32.0 Å². The average Bonchev–Trinajstić information content (AvgIpc) is 2.29. The normalized spacial score (nSPS) is 14.0. The number of benzene rings is 1. The Hall–Kier alpha value is -0.870. The maximum Gasteiger partial charge on any atom is 0.220 e. The fourth-order valence-electron chi connectivity index (χ4n) is 1.75. The van der Waals surface area contributed by atoms with Crippen LogP contribution in [-0.2, 0) is 11.2 Å². The molecular weight excluding hydrogens is 292 g/mol. The number of carbonyl (C=O) groups is 1. The first-order valence-electron chi connectivity index (χ1n) is 6.27. The zero-order valence-corrected chi connectivity index (χ0v) is 12.5. The summed E-state index contributed by atoms with van der Waals surface area (Å²) >= 11 is 3.51. The Kier molecular flexibility index (Phi) is 6.36. The fourth-order valence-corrected chi connectivity index (χ4v) is 2.20. The molecule has 1 aromatic carbocycles. The summed E-state index contributed by atoms with van der Waals surface area (Å²) in [5.74, 6) is 0.0758. The van der Waals surface area contributed by atoms with Crippen molar-refractivity contribution in [1.82, 2.24) is 5.32 Å². The van der Waals surface area contributed by atoms with Gasteiger partial charge in [0.1, 0.15) is 0 Å². The summed E-state index contributed by atoms with van der Waals surface area (Å²) in [5.41, 5.74) is 6.83. The molecule has 3 N–H and O–H groups in total. The van der Waals surface area contributed by atoms with Crippen molar-refractivity contribution >= 4 is 21.8 Å². The minimum Gasteiger partial charge on any atom is -0.353 e. The minimum atomic E-state index is 0.0758. The smallest absolute Gasteiger partial charge is 0.220 e. The second-order valence-corrected chi connectivity index (χ2v) is 5.63. The fraction of sp³-hybridized carbons (Fsp3) is 0.500. The molecule has 0 radical (unpaired) electrons. The molecule has 4 heteroatoms. The van der Waals surface area contributed by atoms with Gasteiger partial charge in [-0.15, -0.1) is 0 Å². The largest absolute Gasteiger partial charge is 0.353 e. The number of carbonyl (C=O) groups excluding carboxylic acids is 1. The van der Waals surface area contributed by atoms with Crippen LogP contribution < -0.4 is 11.1 Å². The number of hydrogen-bond donors (Lipinski definition) is 2. The molecule has 0 aromatic heterocycles. The van der Waals surface area contributed by atoms with E-state index in [0.717, 1.165) is 17.3 Å². The molecule has 0 bridgehead atoms. The third-order valence-electron chi connectivity index (χ3n) is 2.72. The van der Waals surface area contributed by atoms with Crippen LogP contribution >= 0.6 is 15.9 Å². The van der Waals surface area contributed by atoms with E-state index in [2.05, 4.69) is 27.3 Å². The summed E-state index contributed by atoms with van der Waals surface area (Å²) in [6, 6.07) is 8.28. The number of hydrogen-bond acceptors (Lipinski definition) is 2. The molecule has 0 heterocycles. The Morgan fingerprint density at radius 1 is 1.39 bits per heavy atom. The Balaban J connectivity index is 2.40. The number of nitrogens with one attached hydrogen (secondary N) is 1. The molecule has 100 valence electrons. The van der Waals surface area contributed by atoms with Crippen LogP contribution in [0.5, 0.6) is 0 Å². The lowest BCUT2D eigenvalue weighted by Gasteiger charge is -2.15.